The number of hydrogen-bond donors (Lipinski definition) is 0. The highest BCUT2D eigenvalue weighted by Crippen LogP contribution is 2.11. The highest BCUT2D eigenvalue weighted by atomic mass is 127. The van der Waals surface area contributed by atoms with Crippen LogP contribution in [0.4, 0.5) is 0 Å². The van der Waals surface area contributed by atoms with Gasteiger partial charge in [-0.1, -0.05) is 0 Å². The molecule has 0 fully saturated rings. The molecule has 2 aromatic rings. The second-order valence-corrected chi connectivity index (χ2v) is 4.18. The quantitative estimate of drug-likeness (QED) is 0.781. The van der Waals surface area contributed by atoms with E-state index < -0.39 is 0 Å². The summed E-state index contributed by atoms with van der Waals surface area (Å²) in [6.07, 6.45) is 5.35. The maximum atomic E-state index is 8.63. The van der Waals surface area contributed by atoms with Crippen molar-refractivity contribution in [2.24, 2.45) is 7.05 Å². The third-order valence-electron chi connectivity index (χ3n) is 1.95. The molecule has 0 atom stereocenters. The van der Waals surface area contributed by atoms with E-state index in [0.717, 1.165) is 9.26 Å². The zero-order valence-corrected chi connectivity index (χ0v) is 10.2. The van der Waals surface area contributed by atoms with Crippen LogP contribution in [0.5, 0.6) is 0 Å². The number of hydrogen-bond acceptors (Lipinski definition) is 3. The molecular weight excluding hydrogens is 305 g/mol. The molecule has 0 N–H and O–H groups in total. The Morgan fingerprint density at radius 2 is 2.33 bits per heavy atom. The summed E-state index contributed by atoms with van der Waals surface area (Å²) in [5, 5.41) is 12.9. The van der Waals surface area contributed by atoms with Gasteiger partial charge in [0.1, 0.15) is 9.77 Å². The summed E-state index contributed by atoms with van der Waals surface area (Å²) in [6, 6.07) is 2.00. The molecule has 2 aromatic heterocycles. The van der Waals surface area contributed by atoms with Crippen LogP contribution >= 0.6 is 22.6 Å². The highest BCUT2D eigenvalue weighted by molar-refractivity contribution is 14.1. The standard InChI is InChI=1S/C9H8IN5/c1-14-3-7(9(10)13-14)4-15-5-8(2-11)12-6-15/h3,5-6H,4H2,1H3. The van der Waals surface area contributed by atoms with Gasteiger partial charge in [-0.3, -0.25) is 4.68 Å². The third-order valence-corrected chi connectivity index (χ3v) is 2.86. The molecule has 0 spiro atoms. The van der Waals surface area contributed by atoms with E-state index >= 15 is 0 Å². The summed E-state index contributed by atoms with van der Waals surface area (Å²) < 4.78 is 4.62. The molecule has 6 heteroatoms. The zero-order valence-electron chi connectivity index (χ0n) is 8.05. The first kappa shape index (κ1) is 10.2. The Kier molecular flexibility index (Phi) is 2.73. The van der Waals surface area contributed by atoms with Crippen molar-refractivity contribution in [2.75, 3.05) is 0 Å². The lowest BCUT2D eigenvalue weighted by Gasteiger charge is -1.97. The van der Waals surface area contributed by atoms with E-state index in [9.17, 15) is 0 Å². The van der Waals surface area contributed by atoms with Gasteiger partial charge in [-0.05, 0) is 22.6 Å². The van der Waals surface area contributed by atoms with E-state index in [1.165, 1.54) is 0 Å². The van der Waals surface area contributed by atoms with Gasteiger partial charge < -0.3 is 4.57 Å². The van der Waals surface area contributed by atoms with Crippen LogP contribution in [0.25, 0.3) is 0 Å². The van der Waals surface area contributed by atoms with Crippen molar-refractivity contribution in [1.82, 2.24) is 19.3 Å². The number of halogens is 1. The van der Waals surface area contributed by atoms with E-state index in [-0.39, 0.29) is 0 Å². The zero-order chi connectivity index (χ0) is 10.8. The molecule has 0 radical (unpaired) electrons. The molecule has 15 heavy (non-hydrogen) atoms. The van der Waals surface area contributed by atoms with Crippen LogP contribution in [0, 0.1) is 15.0 Å². The van der Waals surface area contributed by atoms with E-state index in [4.69, 9.17) is 5.26 Å². The first-order valence-corrected chi connectivity index (χ1v) is 5.37. The molecule has 0 bridgehead atoms. The minimum absolute atomic E-state index is 0.439. The Hall–Kier alpha value is -1.36. The van der Waals surface area contributed by atoms with Crippen LogP contribution in [0.15, 0.2) is 18.7 Å². The smallest absolute Gasteiger partial charge is 0.158 e. The average molecular weight is 313 g/mol. The highest BCUT2D eigenvalue weighted by Gasteiger charge is 2.05. The molecule has 0 amide bonds. The monoisotopic (exact) mass is 313 g/mol. The number of nitrogens with zero attached hydrogens (tertiary/aromatic N) is 5. The molecule has 5 nitrogen and oxygen atoms in total. The molecule has 2 heterocycles. The first-order valence-electron chi connectivity index (χ1n) is 4.29. The summed E-state index contributed by atoms with van der Waals surface area (Å²) in [4.78, 5) is 3.94. The van der Waals surface area contributed by atoms with E-state index in [1.807, 2.05) is 23.9 Å². The second kappa shape index (κ2) is 4.02. The number of rotatable bonds is 2. The van der Waals surface area contributed by atoms with Crippen LogP contribution < -0.4 is 0 Å². The molecule has 0 saturated carbocycles. The van der Waals surface area contributed by atoms with Crippen molar-refractivity contribution in [3.63, 3.8) is 0 Å². The Bertz CT molecular complexity index is 519. The van der Waals surface area contributed by atoms with Gasteiger partial charge in [-0.25, -0.2) is 4.98 Å². The van der Waals surface area contributed by atoms with Crippen molar-refractivity contribution in [1.29, 1.82) is 5.26 Å². The summed E-state index contributed by atoms with van der Waals surface area (Å²) >= 11 is 2.19. The van der Waals surface area contributed by atoms with Crippen LogP contribution in [0.3, 0.4) is 0 Å². The summed E-state index contributed by atoms with van der Waals surface area (Å²) in [5.41, 5.74) is 1.56. The van der Waals surface area contributed by atoms with Crippen molar-refractivity contribution >= 4 is 22.6 Å². The molecule has 2 rings (SSSR count). The van der Waals surface area contributed by atoms with Gasteiger partial charge >= 0.3 is 0 Å². The van der Waals surface area contributed by atoms with Gasteiger partial charge in [-0.15, -0.1) is 0 Å². The summed E-state index contributed by atoms with van der Waals surface area (Å²) in [6.45, 7) is 0.695. The van der Waals surface area contributed by atoms with Crippen molar-refractivity contribution in [3.8, 4) is 6.07 Å². The third kappa shape index (κ3) is 2.18. The van der Waals surface area contributed by atoms with Gasteiger partial charge in [0.15, 0.2) is 5.69 Å². The molecule has 76 valence electrons. The minimum Gasteiger partial charge on any atom is -0.331 e. The molecular formula is C9H8IN5. The molecule has 0 aliphatic carbocycles. The molecule has 0 aliphatic rings. The predicted octanol–water partition coefficient (Wildman–Crippen LogP) is 1.14. The lowest BCUT2D eigenvalue weighted by atomic mass is 10.3. The topological polar surface area (TPSA) is 59.4 Å². The van der Waals surface area contributed by atoms with E-state index in [0.29, 0.717) is 12.2 Å². The average Bonchev–Trinajstić information content (AvgIpc) is 2.75. The van der Waals surface area contributed by atoms with Crippen LogP contribution in [0.1, 0.15) is 11.3 Å². The SMILES string of the molecule is Cn1cc(Cn2cnc(C#N)c2)c(I)n1. The van der Waals surface area contributed by atoms with Gasteiger partial charge in [0.2, 0.25) is 0 Å². The van der Waals surface area contributed by atoms with Gasteiger partial charge in [0, 0.05) is 25.0 Å². The molecule has 0 saturated heterocycles. The maximum Gasteiger partial charge on any atom is 0.158 e. The Morgan fingerprint density at radius 3 is 2.87 bits per heavy atom. The maximum absolute atomic E-state index is 8.63. The van der Waals surface area contributed by atoms with E-state index in [2.05, 4.69) is 32.7 Å². The lowest BCUT2D eigenvalue weighted by molar-refractivity contribution is 0.757. The minimum atomic E-state index is 0.439. The number of imidazole rings is 1. The predicted molar refractivity (Wildman–Crippen MR) is 62.0 cm³/mol. The van der Waals surface area contributed by atoms with Crippen LogP contribution in [-0.2, 0) is 13.6 Å². The largest absolute Gasteiger partial charge is 0.331 e. The fourth-order valence-corrected chi connectivity index (χ4v) is 1.97. The number of aromatic nitrogens is 4. The Morgan fingerprint density at radius 1 is 1.53 bits per heavy atom. The van der Waals surface area contributed by atoms with Gasteiger partial charge in [0.25, 0.3) is 0 Å². The first-order chi connectivity index (χ1) is 7.19. The Balaban J connectivity index is 2.22. The number of aryl methyl sites for hydroxylation is 1. The van der Waals surface area contributed by atoms with Crippen molar-refractivity contribution < 1.29 is 0 Å². The molecule has 0 aromatic carbocycles. The van der Waals surface area contributed by atoms with Crippen LogP contribution in [-0.4, -0.2) is 19.3 Å². The van der Waals surface area contributed by atoms with Crippen molar-refractivity contribution in [3.05, 3.63) is 33.7 Å². The fraction of sp³-hybridized carbons (Fsp3) is 0.222. The molecule has 0 unspecified atom stereocenters. The second-order valence-electron chi connectivity index (χ2n) is 3.16. The van der Waals surface area contributed by atoms with Gasteiger partial charge in [0.05, 0.1) is 12.9 Å². The molecule has 0 aliphatic heterocycles. The van der Waals surface area contributed by atoms with Crippen LogP contribution in [0.2, 0.25) is 0 Å². The van der Waals surface area contributed by atoms with E-state index in [1.54, 1.807) is 17.2 Å². The van der Waals surface area contributed by atoms with Gasteiger partial charge in [-0.2, -0.15) is 10.4 Å². The number of nitriles is 1. The van der Waals surface area contributed by atoms with Crippen molar-refractivity contribution in [2.45, 2.75) is 6.54 Å². The lowest BCUT2D eigenvalue weighted by Crippen LogP contribution is -1.96. The normalized spacial score (nSPS) is 10.2. The Labute approximate surface area is 100 Å². The summed E-state index contributed by atoms with van der Waals surface area (Å²) in [5.74, 6) is 0. The summed E-state index contributed by atoms with van der Waals surface area (Å²) in [7, 11) is 1.89. The fourth-order valence-electron chi connectivity index (χ4n) is 1.32.